The van der Waals surface area contributed by atoms with E-state index in [0.717, 1.165) is 19.3 Å². The van der Waals surface area contributed by atoms with E-state index in [2.05, 4.69) is 12.2 Å². The molecular weight excluding hydrogens is 252 g/mol. The van der Waals surface area contributed by atoms with Crippen LogP contribution in [0.2, 0.25) is 0 Å². The summed E-state index contributed by atoms with van der Waals surface area (Å²) in [6.07, 6.45) is 6.86. The molecule has 0 aromatic heterocycles. The summed E-state index contributed by atoms with van der Waals surface area (Å²) in [5.41, 5.74) is -0.666. The lowest BCUT2D eigenvalue weighted by Gasteiger charge is -2.47. The van der Waals surface area contributed by atoms with Crippen LogP contribution >= 0.6 is 0 Å². The number of carbonyl (C=O) groups excluding carboxylic acids is 2. The largest absolute Gasteiger partial charge is 0.342 e. The van der Waals surface area contributed by atoms with Crippen LogP contribution < -0.4 is 5.32 Å². The molecule has 20 heavy (non-hydrogen) atoms. The molecule has 0 aromatic rings. The van der Waals surface area contributed by atoms with Crippen molar-refractivity contribution >= 4 is 11.8 Å². The molecule has 0 bridgehead atoms. The SMILES string of the molecule is C/C=C/CN1C(=O)C(C(C)CC)NC(=O)C1(C)C1CC1. The van der Waals surface area contributed by atoms with E-state index in [-0.39, 0.29) is 23.8 Å². The average Bonchev–Trinajstić information content (AvgIpc) is 3.26. The zero-order valence-corrected chi connectivity index (χ0v) is 13.0. The van der Waals surface area contributed by atoms with Crippen molar-refractivity contribution in [2.24, 2.45) is 11.8 Å². The minimum Gasteiger partial charge on any atom is -0.342 e. The van der Waals surface area contributed by atoms with Gasteiger partial charge in [-0.25, -0.2) is 0 Å². The molecule has 2 aliphatic rings. The number of nitrogens with one attached hydrogen (secondary N) is 1. The summed E-state index contributed by atoms with van der Waals surface area (Å²) in [6.45, 7) is 8.47. The van der Waals surface area contributed by atoms with Gasteiger partial charge in [0.2, 0.25) is 11.8 Å². The number of carbonyl (C=O) groups is 2. The number of hydrogen-bond acceptors (Lipinski definition) is 2. The van der Waals surface area contributed by atoms with Crippen LogP contribution in [0.15, 0.2) is 12.2 Å². The van der Waals surface area contributed by atoms with Gasteiger partial charge < -0.3 is 10.2 Å². The zero-order valence-electron chi connectivity index (χ0n) is 13.0. The zero-order chi connectivity index (χ0) is 14.9. The smallest absolute Gasteiger partial charge is 0.246 e. The highest BCUT2D eigenvalue weighted by molar-refractivity contribution is 6.00. The van der Waals surface area contributed by atoms with Crippen molar-refractivity contribution in [2.75, 3.05) is 6.54 Å². The van der Waals surface area contributed by atoms with E-state index in [9.17, 15) is 9.59 Å². The monoisotopic (exact) mass is 278 g/mol. The first kappa shape index (κ1) is 15.1. The lowest BCUT2D eigenvalue weighted by Crippen LogP contribution is -2.71. The van der Waals surface area contributed by atoms with Crippen LogP contribution in [-0.2, 0) is 9.59 Å². The minimum atomic E-state index is -0.666. The molecule has 3 unspecified atom stereocenters. The van der Waals surface area contributed by atoms with Gasteiger partial charge in [-0.3, -0.25) is 9.59 Å². The maximum Gasteiger partial charge on any atom is 0.246 e. The van der Waals surface area contributed by atoms with Crippen molar-refractivity contribution in [1.82, 2.24) is 10.2 Å². The molecule has 1 heterocycles. The van der Waals surface area contributed by atoms with E-state index in [1.54, 1.807) is 4.90 Å². The number of hydrogen-bond donors (Lipinski definition) is 1. The Hall–Kier alpha value is -1.32. The Morgan fingerprint density at radius 3 is 2.60 bits per heavy atom. The average molecular weight is 278 g/mol. The second-order valence-corrected chi connectivity index (χ2v) is 6.28. The molecule has 1 aliphatic carbocycles. The lowest BCUT2D eigenvalue weighted by molar-refractivity contribution is -0.158. The number of amides is 2. The van der Waals surface area contributed by atoms with E-state index in [1.807, 2.05) is 32.9 Å². The first-order chi connectivity index (χ1) is 9.46. The molecule has 3 atom stereocenters. The summed E-state index contributed by atoms with van der Waals surface area (Å²) >= 11 is 0. The third kappa shape index (κ3) is 2.36. The van der Waals surface area contributed by atoms with Crippen LogP contribution in [-0.4, -0.2) is 34.8 Å². The number of allylic oxidation sites excluding steroid dienone is 1. The normalized spacial score (nSPS) is 32.6. The highest BCUT2D eigenvalue weighted by Gasteiger charge is 2.57. The fourth-order valence-electron chi connectivity index (χ4n) is 3.03. The molecule has 4 heteroatoms. The molecule has 112 valence electrons. The minimum absolute atomic E-state index is 0.0226. The van der Waals surface area contributed by atoms with E-state index >= 15 is 0 Å². The van der Waals surface area contributed by atoms with Crippen LogP contribution in [0.3, 0.4) is 0 Å². The molecule has 4 nitrogen and oxygen atoms in total. The summed E-state index contributed by atoms with van der Waals surface area (Å²) in [5, 5.41) is 2.98. The third-order valence-corrected chi connectivity index (χ3v) is 4.95. The van der Waals surface area contributed by atoms with Crippen LogP contribution in [0.4, 0.5) is 0 Å². The predicted molar refractivity (Wildman–Crippen MR) is 79.0 cm³/mol. The van der Waals surface area contributed by atoms with Crippen LogP contribution in [0.25, 0.3) is 0 Å². The molecule has 2 rings (SSSR count). The van der Waals surface area contributed by atoms with Crippen molar-refractivity contribution in [3.63, 3.8) is 0 Å². The van der Waals surface area contributed by atoms with Crippen molar-refractivity contribution in [2.45, 2.75) is 58.5 Å². The molecule has 1 saturated heterocycles. The lowest BCUT2D eigenvalue weighted by atomic mass is 9.85. The fraction of sp³-hybridized carbons (Fsp3) is 0.750. The Morgan fingerprint density at radius 2 is 2.10 bits per heavy atom. The highest BCUT2D eigenvalue weighted by Crippen LogP contribution is 2.45. The number of piperazine rings is 1. The fourth-order valence-corrected chi connectivity index (χ4v) is 3.03. The van der Waals surface area contributed by atoms with Gasteiger partial charge in [-0.2, -0.15) is 0 Å². The Balaban J connectivity index is 2.31. The van der Waals surface area contributed by atoms with Crippen molar-refractivity contribution in [3.05, 3.63) is 12.2 Å². The Bertz CT molecular complexity index is 428. The summed E-state index contributed by atoms with van der Waals surface area (Å²) < 4.78 is 0. The van der Waals surface area contributed by atoms with Gasteiger partial charge in [-0.15, -0.1) is 0 Å². The maximum absolute atomic E-state index is 12.8. The van der Waals surface area contributed by atoms with Gasteiger partial charge >= 0.3 is 0 Å². The molecule has 0 aromatic carbocycles. The predicted octanol–water partition coefficient (Wildman–Crippen LogP) is 2.10. The van der Waals surface area contributed by atoms with E-state index in [4.69, 9.17) is 0 Å². The second-order valence-electron chi connectivity index (χ2n) is 6.28. The molecular formula is C16H26N2O2. The quantitative estimate of drug-likeness (QED) is 0.783. The van der Waals surface area contributed by atoms with Crippen molar-refractivity contribution < 1.29 is 9.59 Å². The Labute approximate surface area is 121 Å². The standard InChI is InChI=1S/C16H26N2O2/c1-5-7-10-18-14(19)13(11(3)6-2)17-15(20)16(18,4)12-8-9-12/h5,7,11-13H,6,8-10H2,1-4H3,(H,17,20)/b7-5+. The molecule has 0 spiro atoms. The van der Waals surface area contributed by atoms with Gasteiger partial charge in [0.1, 0.15) is 11.6 Å². The first-order valence-electron chi connectivity index (χ1n) is 7.70. The summed E-state index contributed by atoms with van der Waals surface area (Å²) in [5.74, 6) is 0.582. The van der Waals surface area contributed by atoms with E-state index < -0.39 is 5.54 Å². The number of nitrogens with zero attached hydrogens (tertiary/aromatic N) is 1. The molecule has 2 fully saturated rings. The van der Waals surface area contributed by atoms with Gasteiger partial charge in [0.25, 0.3) is 0 Å². The van der Waals surface area contributed by atoms with Crippen LogP contribution in [0.5, 0.6) is 0 Å². The second kappa shape index (κ2) is 5.58. The van der Waals surface area contributed by atoms with Crippen LogP contribution in [0, 0.1) is 11.8 Å². The van der Waals surface area contributed by atoms with Gasteiger partial charge in [0.15, 0.2) is 0 Å². The highest BCUT2D eigenvalue weighted by atomic mass is 16.2. The van der Waals surface area contributed by atoms with E-state index in [0.29, 0.717) is 12.5 Å². The molecule has 2 amide bonds. The topological polar surface area (TPSA) is 49.4 Å². The van der Waals surface area contributed by atoms with Gasteiger partial charge in [-0.1, -0.05) is 32.4 Å². The summed E-state index contributed by atoms with van der Waals surface area (Å²) in [7, 11) is 0. The van der Waals surface area contributed by atoms with Gasteiger partial charge in [0, 0.05) is 6.54 Å². The van der Waals surface area contributed by atoms with Gasteiger partial charge in [-0.05, 0) is 38.5 Å². The third-order valence-electron chi connectivity index (χ3n) is 4.95. The summed E-state index contributed by atoms with van der Waals surface area (Å²) in [6, 6.07) is -0.371. The summed E-state index contributed by atoms with van der Waals surface area (Å²) in [4.78, 5) is 27.2. The van der Waals surface area contributed by atoms with Gasteiger partial charge in [0.05, 0.1) is 0 Å². The van der Waals surface area contributed by atoms with Crippen molar-refractivity contribution in [3.8, 4) is 0 Å². The molecule has 0 radical (unpaired) electrons. The van der Waals surface area contributed by atoms with E-state index in [1.165, 1.54) is 0 Å². The number of rotatable bonds is 5. The molecule has 1 saturated carbocycles. The Morgan fingerprint density at radius 1 is 1.45 bits per heavy atom. The Kier molecular flexibility index (Phi) is 4.21. The van der Waals surface area contributed by atoms with Crippen molar-refractivity contribution in [1.29, 1.82) is 0 Å². The molecule has 1 N–H and O–H groups in total. The van der Waals surface area contributed by atoms with Crippen LogP contribution in [0.1, 0.15) is 47.0 Å². The maximum atomic E-state index is 12.8. The molecule has 1 aliphatic heterocycles. The first-order valence-corrected chi connectivity index (χ1v) is 7.70.